The fourth-order valence-corrected chi connectivity index (χ4v) is 1.42. The Balaban J connectivity index is 1.90. The number of thiophene rings is 1. The number of hydrogen-bond acceptors (Lipinski definition) is 3. The van der Waals surface area contributed by atoms with Gasteiger partial charge < -0.3 is 10.1 Å². The molecule has 0 atom stereocenters. The van der Waals surface area contributed by atoms with Crippen LogP contribution in [0, 0.1) is 0 Å². The van der Waals surface area contributed by atoms with Gasteiger partial charge in [-0.3, -0.25) is 0 Å². The summed E-state index contributed by atoms with van der Waals surface area (Å²) >= 11 is 1.67. The molecule has 54 valence electrons. The van der Waals surface area contributed by atoms with Crippen LogP contribution in [0.2, 0.25) is 0 Å². The van der Waals surface area contributed by atoms with Crippen LogP contribution in [0.3, 0.4) is 0 Å². The number of hydrogen-bond donors (Lipinski definition) is 1. The molecule has 1 aliphatic rings. The van der Waals surface area contributed by atoms with Gasteiger partial charge in [0, 0.05) is 18.5 Å². The van der Waals surface area contributed by atoms with Gasteiger partial charge in [0.1, 0.15) is 11.9 Å². The molecule has 0 amide bonds. The molecule has 0 spiro atoms. The van der Waals surface area contributed by atoms with Gasteiger partial charge >= 0.3 is 0 Å². The zero-order valence-electron chi connectivity index (χ0n) is 5.54. The van der Waals surface area contributed by atoms with Crippen LogP contribution < -0.4 is 10.1 Å². The third-order valence-electron chi connectivity index (χ3n) is 1.54. The molecule has 0 aromatic carbocycles. The summed E-state index contributed by atoms with van der Waals surface area (Å²) in [5.74, 6) is 1.01. The van der Waals surface area contributed by atoms with Crippen LogP contribution in [0.5, 0.6) is 5.75 Å². The first-order chi connectivity index (χ1) is 4.95. The Kier molecular flexibility index (Phi) is 1.61. The summed E-state index contributed by atoms with van der Waals surface area (Å²) in [5, 5.41) is 7.21. The minimum Gasteiger partial charge on any atom is -0.487 e. The summed E-state index contributed by atoms with van der Waals surface area (Å²) in [5.41, 5.74) is 0. The summed E-state index contributed by atoms with van der Waals surface area (Å²) in [6.45, 7) is 1.99. The lowest BCUT2D eigenvalue weighted by Gasteiger charge is -2.27. The first kappa shape index (κ1) is 6.19. The molecule has 10 heavy (non-hydrogen) atoms. The molecule has 1 N–H and O–H groups in total. The van der Waals surface area contributed by atoms with E-state index in [0.29, 0.717) is 6.10 Å². The van der Waals surface area contributed by atoms with E-state index >= 15 is 0 Å². The van der Waals surface area contributed by atoms with Crippen LogP contribution >= 0.6 is 11.3 Å². The molecule has 1 saturated heterocycles. The van der Waals surface area contributed by atoms with Gasteiger partial charge in [-0.2, -0.15) is 0 Å². The first-order valence-electron chi connectivity index (χ1n) is 3.35. The summed E-state index contributed by atoms with van der Waals surface area (Å²) in [4.78, 5) is 0. The van der Waals surface area contributed by atoms with Gasteiger partial charge in [-0.25, -0.2) is 0 Å². The molecule has 0 bridgehead atoms. The molecule has 0 radical (unpaired) electrons. The van der Waals surface area contributed by atoms with Crippen LogP contribution in [0.15, 0.2) is 16.8 Å². The molecule has 1 aromatic heterocycles. The van der Waals surface area contributed by atoms with E-state index in [1.54, 1.807) is 11.3 Å². The molecular weight excluding hydrogens is 146 g/mol. The minimum absolute atomic E-state index is 0.412. The van der Waals surface area contributed by atoms with Gasteiger partial charge in [0.25, 0.3) is 0 Å². The van der Waals surface area contributed by atoms with Crippen molar-refractivity contribution in [2.45, 2.75) is 6.10 Å². The Bertz CT molecular complexity index is 193. The normalized spacial score (nSPS) is 18.4. The van der Waals surface area contributed by atoms with Gasteiger partial charge in [0.15, 0.2) is 0 Å². The number of ether oxygens (including phenoxy) is 1. The predicted molar refractivity (Wildman–Crippen MR) is 41.6 cm³/mol. The van der Waals surface area contributed by atoms with Gasteiger partial charge in [0.2, 0.25) is 0 Å². The van der Waals surface area contributed by atoms with Crippen molar-refractivity contribution in [3.05, 3.63) is 16.8 Å². The zero-order chi connectivity index (χ0) is 6.81. The van der Waals surface area contributed by atoms with Crippen molar-refractivity contribution >= 4 is 11.3 Å². The Morgan fingerprint density at radius 2 is 2.50 bits per heavy atom. The zero-order valence-corrected chi connectivity index (χ0v) is 6.36. The van der Waals surface area contributed by atoms with Crippen LogP contribution in [-0.4, -0.2) is 19.2 Å². The topological polar surface area (TPSA) is 21.3 Å². The molecule has 0 unspecified atom stereocenters. The quantitative estimate of drug-likeness (QED) is 0.690. The highest BCUT2D eigenvalue weighted by Crippen LogP contribution is 2.17. The maximum Gasteiger partial charge on any atom is 0.130 e. The van der Waals surface area contributed by atoms with Crippen molar-refractivity contribution in [2.24, 2.45) is 0 Å². The Morgan fingerprint density at radius 1 is 1.60 bits per heavy atom. The van der Waals surface area contributed by atoms with Gasteiger partial charge in [0.05, 0.1) is 0 Å². The smallest absolute Gasteiger partial charge is 0.130 e. The standard InChI is InChI=1S/C7H9NOS/c1-2-10-5-6(1)9-7-3-8-4-7/h1-2,5,7-8H,3-4H2. The Hall–Kier alpha value is -0.540. The molecule has 1 aliphatic heterocycles. The van der Waals surface area contributed by atoms with Crippen molar-refractivity contribution in [3.63, 3.8) is 0 Å². The molecule has 3 heteroatoms. The van der Waals surface area contributed by atoms with E-state index in [1.165, 1.54) is 0 Å². The van der Waals surface area contributed by atoms with Crippen molar-refractivity contribution in [3.8, 4) is 5.75 Å². The third-order valence-corrected chi connectivity index (χ3v) is 2.20. The average molecular weight is 155 g/mol. The van der Waals surface area contributed by atoms with Crippen LogP contribution in [0.4, 0.5) is 0 Å². The third kappa shape index (κ3) is 1.15. The van der Waals surface area contributed by atoms with Crippen molar-refractivity contribution in [1.82, 2.24) is 5.32 Å². The summed E-state index contributed by atoms with van der Waals surface area (Å²) in [6.07, 6.45) is 0.412. The molecule has 2 rings (SSSR count). The number of rotatable bonds is 2. The second-order valence-electron chi connectivity index (χ2n) is 2.36. The van der Waals surface area contributed by atoms with Gasteiger partial charge in [-0.15, -0.1) is 11.3 Å². The van der Waals surface area contributed by atoms with E-state index in [0.717, 1.165) is 18.8 Å². The van der Waals surface area contributed by atoms with Crippen molar-refractivity contribution in [2.75, 3.05) is 13.1 Å². The Morgan fingerprint density at radius 3 is 3.00 bits per heavy atom. The van der Waals surface area contributed by atoms with Crippen LogP contribution in [-0.2, 0) is 0 Å². The van der Waals surface area contributed by atoms with Crippen molar-refractivity contribution < 1.29 is 4.74 Å². The molecule has 2 nitrogen and oxygen atoms in total. The van der Waals surface area contributed by atoms with E-state index in [1.807, 2.05) is 16.8 Å². The van der Waals surface area contributed by atoms with Crippen molar-refractivity contribution in [1.29, 1.82) is 0 Å². The molecular formula is C7H9NOS. The van der Waals surface area contributed by atoms with Crippen LogP contribution in [0.25, 0.3) is 0 Å². The minimum atomic E-state index is 0.412. The SMILES string of the molecule is c1cc(OC2CNC2)cs1. The molecule has 0 saturated carbocycles. The van der Waals surface area contributed by atoms with E-state index in [-0.39, 0.29) is 0 Å². The van der Waals surface area contributed by atoms with Gasteiger partial charge in [-0.05, 0) is 11.4 Å². The number of nitrogens with one attached hydrogen (secondary N) is 1. The second-order valence-corrected chi connectivity index (χ2v) is 3.14. The average Bonchev–Trinajstić information content (AvgIpc) is 2.29. The molecule has 1 aromatic rings. The van der Waals surface area contributed by atoms with E-state index in [9.17, 15) is 0 Å². The maximum atomic E-state index is 5.54. The fraction of sp³-hybridized carbons (Fsp3) is 0.429. The highest BCUT2D eigenvalue weighted by atomic mass is 32.1. The summed E-state index contributed by atoms with van der Waals surface area (Å²) < 4.78 is 5.54. The Labute approximate surface area is 63.8 Å². The predicted octanol–water partition coefficient (Wildman–Crippen LogP) is 1.10. The molecule has 2 heterocycles. The lowest BCUT2D eigenvalue weighted by Crippen LogP contribution is -2.50. The monoisotopic (exact) mass is 155 g/mol. The lowest BCUT2D eigenvalue weighted by molar-refractivity contribution is 0.143. The maximum absolute atomic E-state index is 5.54. The van der Waals surface area contributed by atoms with Crippen LogP contribution in [0.1, 0.15) is 0 Å². The largest absolute Gasteiger partial charge is 0.487 e. The van der Waals surface area contributed by atoms with E-state index < -0.39 is 0 Å². The second kappa shape index (κ2) is 2.60. The molecule has 1 fully saturated rings. The highest BCUT2D eigenvalue weighted by molar-refractivity contribution is 7.08. The lowest BCUT2D eigenvalue weighted by atomic mass is 10.2. The fourth-order valence-electron chi connectivity index (χ4n) is 0.857. The summed E-state index contributed by atoms with van der Waals surface area (Å²) in [7, 11) is 0. The van der Waals surface area contributed by atoms with E-state index in [4.69, 9.17) is 4.74 Å². The first-order valence-corrected chi connectivity index (χ1v) is 4.29. The molecule has 0 aliphatic carbocycles. The van der Waals surface area contributed by atoms with E-state index in [2.05, 4.69) is 5.32 Å². The van der Waals surface area contributed by atoms with Gasteiger partial charge in [-0.1, -0.05) is 0 Å². The highest BCUT2D eigenvalue weighted by Gasteiger charge is 2.17. The summed E-state index contributed by atoms with van der Waals surface area (Å²) in [6, 6.07) is 2.00.